The van der Waals surface area contributed by atoms with Crippen molar-refractivity contribution in [3.8, 4) is 5.75 Å². The number of fused-ring (bicyclic) bond motifs is 1. The van der Waals surface area contributed by atoms with Crippen LogP contribution >= 0.6 is 0 Å². The SMILES string of the molecule is O=C(COc1ccccc1)N1CCc2ccccc2[C@@H]1c1ccccc1F. The number of carbonyl (C=O) groups is 1. The zero-order valence-electron chi connectivity index (χ0n) is 14.8. The van der Waals surface area contributed by atoms with Crippen LogP contribution in [0.2, 0.25) is 0 Å². The largest absolute Gasteiger partial charge is 0.484 e. The molecule has 3 aromatic carbocycles. The van der Waals surface area contributed by atoms with Crippen molar-refractivity contribution < 1.29 is 13.9 Å². The second kappa shape index (κ2) is 7.62. The number of hydrogen-bond donors (Lipinski definition) is 0. The fourth-order valence-electron chi connectivity index (χ4n) is 3.61. The predicted octanol–water partition coefficient (Wildman–Crippen LogP) is 4.38. The Hall–Kier alpha value is -3.14. The highest BCUT2D eigenvalue weighted by Crippen LogP contribution is 2.36. The summed E-state index contributed by atoms with van der Waals surface area (Å²) in [5.74, 6) is 0.188. The van der Waals surface area contributed by atoms with Crippen molar-refractivity contribution in [2.75, 3.05) is 13.2 Å². The number of benzene rings is 3. The van der Waals surface area contributed by atoms with Gasteiger partial charge in [0.05, 0.1) is 6.04 Å². The van der Waals surface area contributed by atoms with E-state index in [-0.39, 0.29) is 18.3 Å². The minimum atomic E-state index is -0.442. The van der Waals surface area contributed by atoms with Crippen LogP contribution in [-0.4, -0.2) is 24.0 Å². The Morgan fingerprint density at radius 3 is 2.37 bits per heavy atom. The molecule has 1 amide bonds. The van der Waals surface area contributed by atoms with Crippen LogP contribution in [-0.2, 0) is 11.2 Å². The molecule has 0 fully saturated rings. The number of halogens is 1. The number of para-hydroxylation sites is 1. The van der Waals surface area contributed by atoms with E-state index < -0.39 is 6.04 Å². The Balaban J connectivity index is 1.64. The first-order valence-corrected chi connectivity index (χ1v) is 9.03. The van der Waals surface area contributed by atoms with Gasteiger partial charge in [-0.1, -0.05) is 60.7 Å². The van der Waals surface area contributed by atoms with Gasteiger partial charge in [-0.3, -0.25) is 4.79 Å². The van der Waals surface area contributed by atoms with Crippen molar-refractivity contribution in [3.63, 3.8) is 0 Å². The molecule has 0 aliphatic carbocycles. The number of ether oxygens (including phenoxy) is 1. The molecule has 3 aromatic rings. The van der Waals surface area contributed by atoms with Gasteiger partial charge in [0, 0.05) is 12.1 Å². The minimum absolute atomic E-state index is 0.0723. The van der Waals surface area contributed by atoms with Crippen LogP contribution in [0.3, 0.4) is 0 Å². The fourth-order valence-corrected chi connectivity index (χ4v) is 3.61. The maximum Gasteiger partial charge on any atom is 0.261 e. The van der Waals surface area contributed by atoms with Crippen molar-refractivity contribution >= 4 is 5.91 Å². The van der Waals surface area contributed by atoms with E-state index in [1.54, 1.807) is 23.1 Å². The molecule has 0 N–H and O–H groups in total. The summed E-state index contributed by atoms with van der Waals surface area (Å²) in [6.45, 7) is 0.462. The molecule has 1 aliphatic rings. The van der Waals surface area contributed by atoms with Crippen LogP contribution in [0, 0.1) is 5.82 Å². The van der Waals surface area contributed by atoms with Crippen molar-refractivity contribution in [1.29, 1.82) is 0 Å². The topological polar surface area (TPSA) is 29.5 Å². The summed E-state index contributed by atoms with van der Waals surface area (Å²) in [5, 5.41) is 0. The molecule has 0 radical (unpaired) electrons. The lowest BCUT2D eigenvalue weighted by atomic mass is 9.88. The van der Waals surface area contributed by atoms with Gasteiger partial charge in [-0.2, -0.15) is 0 Å². The van der Waals surface area contributed by atoms with Crippen molar-refractivity contribution in [1.82, 2.24) is 4.90 Å². The smallest absolute Gasteiger partial charge is 0.261 e. The maximum absolute atomic E-state index is 14.6. The average Bonchev–Trinajstić information content (AvgIpc) is 2.72. The van der Waals surface area contributed by atoms with Gasteiger partial charge in [0.15, 0.2) is 6.61 Å². The normalized spacial score (nSPS) is 15.9. The summed E-state index contributed by atoms with van der Waals surface area (Å²) in [6.07, 6.45) is 0.748. The Kier molecular flexibility index (Phi) is 4.88. The standard InChI is InChI=1S/C23H20FNO2/c24-21-13-7-6-12-20(21)23-19-11-5-4-8-17(19)14-15-25(23)22(26)16-27-18-9-2-1-3-10-18/h1-13,23H,14-16H2/t23-/m1/s1. The molecule has 1 atom stereocenters. The van der Waals surface area contributed by atoms with Crippen LogP contribution in [0.1, 0.15) is 22.7 Å². The number of hydrogen-bond acceptors (Lipinski definition) is 2. The third-order valence-corrected chi connectivity index (χ3v) is 4.91. The zero-order chi connectivity index (χ0) is 18.6. The lowest BCUT2D eigenvalue weighted by Gasteiger charge is -2.37. The minimum Gasteiger partial charge on any atom is -0.484 e. The molecular formula is C23H20FNO2. The molecule has 0 aromatic heterocycles. The van der Waals surface area contributed by atoms with E-state index >= 15 is 0 Å². The zero-order valence-corrected chi connectivity index (χ0v) is 14.8. The molecule has 1 aliphatic heterocycles. The summed E-state index contributed by atoms with van der Waals surface area (Å²) < 4.78 is 20.2. The van der Waals surface area contributed by atoms with Gasteiger partial charge >= 0.3 is 0 Å². The van der Waals surface area contributed by atoms with Crippen LogP contribution in [0.15, 0.2) is 78.9 Å². The van der Waals surface area contributed by atoms with E-state index in [0.717, 1.165) is 17.5 Å². The summed E-state index contributed by atoms with van der Waals surface area (Å²) >= 11 is 0. The second-order valence-electron chi connectivity index (χ2n) is 6.56. The quantitative estimate of drug-likeness (QED) is 0.690. The Morgan fingerprint density at radius 2 is 1.59 bits per heavy atom. The average molecular weight is 361 g/mol. The van der Waals surface area contributed by atoms with Gasteiger partial charge in [-0.25, -0.2) is 4.39 Å². The molecule has 3 nitrogen and oxygen atoms in total. The Morgan fingerprint density at radius 1 is 0.926 bits per heavy atom. The van der Waals surface area contributed by atoms with Gasteiger partial charge in [-0.15, -0.1) is 0 Å². The van der Waals surface area contributed by atoms with Crippen LogP contribution < -0.4 is 4.74 Å². The van der Waals surface area contributed by atoms with Gasteiger partial charge in [0.25, 0.3) is 5.91 Å². The third kappa shape index (κ3) is 3.56. The van der Waals surface area contributed by atoms with Crippen molar-refractivity contribution in [3.05, 3.63) is 101 Å². The molecule has 0 spiro atoms. The summed E-state index contributed by atoms with van der Waals surface area (Å²) in [6, 6.07) is 23.4. The molecule has 136 valence electrons. The monoisotopic (exact) mass is 361 g/mol. The number of nitrogens with zero attached hydrogens (tertiary/aromatic N) is 1. The highest BCUT2D eigenvalue weighted by molar-refractivity contribution is 5.79. The van der Waals surface area contributed by atoms with Gasteiger partial charge in [0.2, 0.25) is 0 Å². The third-order valence-electron chi connectivity index (χ3n) is 4.91. The second-order valence-corrected chi connectivity index (χ2v) is 6.56. The van der Waals surface area contributed by atoms with Crippen LogP contribution in [0.25, 0.3) is 0 Å². The first kappa shape index (κ1) is 17.3. The number of carbonyl (C=O) groups excluding carboxylic acids is 1. The first-order valence-electron chi connectivity index (χ1n) is 9.03. The van der Waals surface area contributed by atoms with E-state index in [0.29, 0.717) is 17.9 Å². The maximum atomic E-state index is 14.6. The Bertz CT molecular complexity index is 942. The molecule has 1 heterocycles. The summed E-state index contributed by atoms with van der Waals surface area (Å²) in [4.78, 5) is 14.7. The molecule has 27 heavy (non-hydrogen) atoms. The van der Waals surface area contributed by atoms with Crippen LogP contribution in [0.4, 0.5) is 4.39 Å². The summed E-state index contributed by atoms with van der Waals surface area (Å²) in [5.41, 5.74) is 2.64. The molecular weight excluding hydrogens is 341 g/mol. The highest BCUT2D eigenvalue weighted by atomic mass is 19.1. The molecule has 4 rings (SSSR count). The van der Waals surface area contributed by atoms with E-state index in [1.807, 2.05) is 54.6 Å². The molecule has 0 saturated carbocycles. The van der Waals surface area contributed by atoms with Gasteiger partial charge in [0.1, 0.15) is 11.6 Å². The molecule has 0 bridgehead atoms. The van der Waals surface area contributed by atoms with E-state index in [2.05, 4.69) is 0 Å². The molecule has 0 unspecified atom stereocenters. The fraction of sp³-hybridized carbons (Fsp3) is 0.174. The van der Waals surface area contributed by atoms with Crippen molar-refractivity contribution in [2.24, 2.45) is 0 Å². The summed E-state index contributed by atoms with van der Waals surface area (Å²) in [7, 11) is 0. The highest BCUT2D eigenvalue weighted by Gasteiger charge is 2.33. The molecule has 0 saturated heterocycles. The molecule has 4 heteroatoms. The number of rotatable bonds is 4. The van der Waals surface area contributed by atoms with Crippen molar-refractivity contribution in [2.45, 2.75) is 12.5 Å². The lowest BCUT2D eigenvalue weighted by molar-refractivity contribution is -0.135. The first-order chi connectivity index (χ1) is 13.2. The van der Waals surface area contributed by atoms with E-state index in [9.17, 15) is 9.18 Å². The Labute approximate surface area is 158 Å². The van der Waals surface area contributed by atoms with E-state index in [4.69, 9.17) is 4.74 Å². The van der Waals surface area contributed by atoms with E-state index in [1.165, 1.54) is 6.07 Å². The number of amides is 1. The lowest BCUT2D eigenvalue weighted by Crippen LogP contribution is -2.43. The van der Waals surface area contributed by atoms with Gasteiger partial charge < -0.3 is 9.64 Å². The van der Waals surface area contributed by atoms with Crippen LogP contribution in [0.5, 0.6) is 5.75 Å². The predicted molar refractivity (Wildman–Crippen MR) is 102 cm³/mol. The van der Waals surface area contributed by atoms with Gasteiger partial charge in [-0.05, 0) is 35.7 Å².